The van der Waals surface area contributed by atoms with Crippen LogP contribution < -0.4 is 10.1 Å². The van der Waals surface area contributed by atoms with E-state index in [0.29, 0.717) is 19.7 Å². The third-order valence-corrected chi connectivity index (χ3v) is 4.44. The summed E-state index contributed by atoms with van der Waals surface area (Å²) in [5.41, 5.74) is 3.87. The van der Waals surface area contributed by atoms with E-state index in [-0.39, 0.29) is 0 Å². The van der Waals surface area contributed by atoms with Gasteiger partial charge in [0.1, 0.15) is 12.4 Å². The van der Waals surface area contributed by atoms with Crippen molar-refractivity contribution in [3.05, 3.63) is 65.4 Å². The number of fused-ring (bicyclic) bond motifs is 3. The maximum Gasteiger partial charge on any atom is 0.312 e. The largest absolute Gasteiger partial charge is 0.489 e. The molecule has 0 saturated heterocycles. The first-order valence-electron chi connectivity index (χ1n) is 7.97. The van der Waals surface area contributed by atoms with Crippen molar-refractivity contribution in [1.82, 2.24) is 10.3 Å². The summed E-state index contributed by atoms with van der Waals surface area (Å²) < 4.78 is 5.88. The summed E-state index contributed by atoms with van der Waals surface area (Å²) in [4.78, 5) is 14.9. The van der Waals surface area contributed by atoms with Crippen LogP contribution in [0.15, 0.2) is 48.5 Å². The number of ether oxygens (including phenoxy) is 1. The second kappa shape index (κ2) is 6.02. The van der Waals surface area contributed by atoms with Crippen LogP contribution in [0, 0.1) is 0 Å². The lowest BCUT2D eigenvalue weighted by atomic mass is 9.93. The highest BCUT2D eigenvalue weighted by molar-refractivity contribution is 5.92. The molecular weight excluding hydrogens is 304 g/mol. The van der Waals surface area contributed by atoms with Crippen LogP contribution in [0.5, 0.6) is 5.75 Å². The molecule has 24 heavy (non-hydrogen) atoms. The average Bonchev–Trinajstić information content (AvgIpc) is 2.98. The molecule has 0 bridgehead atoms. The number of aromatic nitrogens is 1. The molecule has 0 aliphatic carbocycles. The van der Waals surface area contributed by atoms with Gasteiger partial charge in [0.25, 0.3) is 0 Å². The molecule has 5 nitrogen and oxygen atoms in total. The number of carboxylic acids is 1. The summed E-state index contributed by atoms with van der Waals surface area (Å²) >= 11 is 0. The first kappa shape index (κ1) is 14.8. The average molecular weight is 322 g/mol. The molecule has 0 spiro atoms. The number of H-pyrrole nitrogens is 1. The summed E-state index contributed by atoms with van der Waals surface area (Å²) in [7, 11) is 0. The number of carbonyl (C=O) groups is 1. The Bertz CT molecular complexity index is 886. The van der Waals surface area contributed by atoms with Crippen LogP contribution in [0.3, 0.4) is 0 Å². The molecule has 0 amide bonds. The minimum atomic E-state index is -0.806. The van der Waals surface area contributed by atoms with Gasteiger partial charge in [-0.2, -0.15) is 0 Å². The molecule has 5 heteroatoms. The first-order chi connectivity index (χ1) is 11.7. The zero-order valence-electron chi connectivity index (χ0n) is 13.1. The van der Waals surface area contributed by atoms with Crippen LogP contribution in [0.1, 0.15) is 22.7 Å². The van der Waals surface area contributed by atoms with Crippen molar-refractivity contribution in [2.75, 3.05) is 6.54 Å². The molecular formula is C19H18N2O3. The summed E-state index contributed by atoms with van der Waals surface area (Å²) in [6, 6.07) is 15.8. The van der Waals surface area contributed by atoms with Gasteiger partial charge in [-0.1, -0.05) is 30.3 Å². The van der Waals surface area contributed by atoms with E-state index in [9.17, 15) is 9.90 Å². The van der Waals surface area contributed by atoms with E-state index >= 15 is 0 Å². The number of benzene rings is 2. The van der Waals surface area contributed by atoms with Crippen molar-refractivity contribution in [3.8, 4) is 5.75 Å². The highest BCUT2D eigenvalue weighted by Gasteiger charge is 2.29. The van der Waals surface area contributed by atoms with Gasteiger partial charge in [-0.15, -0.1) is 0 Å². The van der Waals surface area contributed by atoms with E-state index in [1.807, 2.05) is 48.5 Å². The molecule has 122 valence electrons. The number of aliphatic carboxylic acids is 1. The van der Waals surface area contributed by atoms with E-state index in [2.05, 4.69) is 10.3 Å². The van der Waals surface area contributed by atoms with Gasteiger partial charge in [0, 0.05) is 29.7 Å². The lowest BCUT2D eigenvalue weighted by molar-refractivity contribution is -0.138. The minimum Gasteiger partial charge on any atom is -0.489 e. The number of hydrogen-bond donors (Lipinski definition) is 3. The minimum absolute atomic E-state index is 0.449. The molecule has 1 aliphatic heterocycles. The number of rotatable bonds is 4. The third-order valence-electron chi connectivity index (χ3n) is 4.44. The maximum absolute atomic E-state index is 11.6. The molecule has 3 N–H and O–H groups in total. The van der Waals surface area contributed by atoms with Crippen molar-refractivity contribution in [2.24, 2.45) is 0 Å². The molecule has 0 fully saturated rings. The summed E-state index contributed by atoms with van der Waals surface area (Å²) in [6.45, 7) is 1.60. The smallest absolute Gasteiger partial charge is 0.312 e. The predicted octanol–water partition coefficient (Wildman–Crippen LogP) is 3.02. The van der Waals surface area contributed by atoms with Crippen LogP contribution >= 0.6 is 0 Å². The van der Waals surface area contributed by atoms with Crippen molar-refractivity contribution >= 4 is 16.9 Å². The van der Waals surface area contributed by atoms with Gasteiger partial charge in [-0.3, -0.25) is 4.79 Å². The molecule has 1 aromatic heterocycles. The Morgan fingerprint density at radius 1 is 1.21 bits per heavy atom. The summed E-state index contributed by atoms with van der Waals surface area (Å²) in [5, 5.41) is 13.6. The molecule has 4 rings (SSSR count). The van der Waals surface area contributed by atoms with Crippen LogP contribution in [-0.4, -0.2) is 22.6 Å². The summed E-state index contributed by atoms with van der Waals surface area (Å²) in [6.07, 6.45) is 0. The van der Waals surface area contributed by atoms with Gasteiger partial charge in [0.2, 0.25) is 0 Å². The van der Waals surface area contributed by atoms with E-state index in [0.717, 1.165) is 33.5 Å². The molecule has 2 heterocycles. The zero-order chi connectivity index (χ0) is 16.5. The highest BCUT2D eigenvalue weighted by atomic mass is 16.5. The van der Waals surface area contributed by atoms with Crippen LogP contribution in [0.4, 0.5) is 0 Å². The van der Waals surface area contributed by atoms with Crippen molar-refractivity contribution in [1.29, 1.82) is 0 Å². The fourth-order valence-corrected chi connectivity index (χ4v) is 3.27. The second-order valence-electron chi connectivity index (χ2n) is 6.02. The monoisotopic (exact) mass is 322 g/mol. The van der Waals surface area contributed by atoms with Gasteiger partial charge in [0.05, 0.1) is 5.92 Å². The Morgan fingerprint density at radius 2 is 2.04 bits per heavy atom. The lowest BCUT2D eigenvalue weighted by Gasteiger charge is -2.20. The highest BCUT2D eigenvalue weighted by Crippen LogP contribution is 2.34. The molecule has 1 atom stereocenters. The molecule has 3 aromatic rings. The van der Waals surface area contributed by atoms with Gasteiger partial charge >= 0.3 is 5.97 Å². The van der Waals surface area contributed by atoms with Gasteiger partial charge in [-0.05, 0) is 29.3 Å². The van der Waals surface area contributed by atoms with Crippen molar-refractivity contribution in [2.45, 2.75) is 19.1 Å². The Balaban J connectivity index is 1.67. The zero-order valence-corrected chi connectivity index (χ0v) is 13.1. The van der Waals surface area contributed by atoms with Crippen LogP contribution in [0.2, 0.25) is 0 Å². The number of aromatic amines is 1. The molecule has 0 radical (unpaired) electrons. The van der Waals surface area contributed by atoms with Gasteiger partial charge in [-0.25, -0.2) is 0 Å². The van der Waals surface area contributed by atoms with E-state index in [1.54, 1.807) is 0 Å². The van der Waals surface area contributed by atoms with Gasteiger partial charge in [0.15, 0.2) is 0 Å². The van der Waals surface area contributed by atoms with E-state index < -0.39 is 11.9 Å². The topological polar surface area (TPSA) is 74.4 Å². The molecule has 1 aliphatic rings. The second-order valence-corrected chi connectivity index (χ2v) is 6.02. The fraction of sp³-hybridized carbons (Fsp3) is 0.211. The Hall–Kier alpha value is -2.79. The van der Waals surface area contributed by atoms with Crippen molar-refractivity contribution < 1.29 is 14.6 Å². The third kappa shape index (κ3) is 2.63. The maximum atomic E-state index is 11.6. The predicted molar refractivity (Wildman–Crippen MR) is 91.2 cm³/mol. The van der Waals surface area contributed by atoms with Gasteiger partial charge < -0.3 is 20.1 Å². The van der Waals surface area contributed by atoms with Crippen LogP contribution in [-0.2, 0) is 17.9 Å². The normalized spacial score (nSPS) is 16.8. The van der Waals surface area contributed by atoms with Crippen LogP contribution in [0.25, 0.3) is 10.9 Å². The van der Waals surface area contributed by atoms with E-state index in [4.69, 9.17) is 4.74 Å². The lowest BCUT2D eigenvalue weighted by Crippen LogP contribution is -2.32. The number of nitrogens with one attached hydrogen (secondary N) is 2. The molecule has 0 saturated carbocycles. The van der Waals surface area contributed by atoms with Crippen molar-refractivity contribution in [3.63, 3.8) is 0 Å². The Kier molecular flexibility index (Phi) is 3.70. The molecule has 0 unspecified atom stereocenters. The standard InChI is InChI=1S/C19H18N2O3/c22-19(23)15-9-20-10-17-18(15)14-8-13(6-7-16(14)21-17)24-11-12-4-2-1-3-5-12/h1-8,15,20-21H,9-11H2,(H,22,23)/t15-/m1/s1. The SMILES string of the molecule is O=C(O)[C@@H]1CNCc2[nH]c3ccc(OCc4ccccc4)cc3c21. The first-order valence-corrected chi connectivity index (χ1v) is 7.97. The summed E-state index contributed by atoms with van der Waals surface area (Å²) in [5.74, 6) is -0.595. The fourth-order valence-electron chi connectivity index (χ4n) is 3.27. The number of carboxylic acid groups (broad SMARTS) is 1. The molecule has 2 aromatic carbocycles. The number of hydrogen-bond acceptors (Lipinski definition) is 3. The Labute approximate surface area is 139 Å². The quantitative estimate of drug-likeness (QED) is 0.690. The Morgan fingerprint density at radius 3 is 2.83 bits per heavy atom. The van der Waals surface area contributed by atoms with E-state index in [1.165, 1.54) is 0 Å².